The molecule has 2 N–H and O–H groups in total. The lowest BCUT2D eigenvalue weighted by molar-refractivity contribution is -0.0617. The summed E-state index contributed by atoms with van der Waals surface area (Å²) in [6, 6.07) is 4.92. The second kappa shape index (κ2) is 5.97. The summed E-state index contributed by atoms with van der Waals surface area (Å²) in [5, 5.41) is 13.4. The van der Waals surface area contributed by atoms with Crippen LogP contribution in [0.4, 0.5) is 4.39 Å². The van der Waals surface area contributed by atoms with Crippen molar-refractivity contribution in [3.05, 3.63) is 34.6 Å². The van der Waals surface area contributed by atoms with Crippen molar-refractivity contribution >= 4 is 11.6 Å². The van der Waals surface area contributed by atoms with Crippen molar-refractivity contribution in [2.45, 2.75) is 25.0 Å². The minimum atomic E-state index is -0.743. The van der Waals surface area contributed by atoms with E-state index in [1.165, 1.54) is 6.07 Å². The van der Waals surface area contributed by atoms with Crippen LogP contribution in [-0.4, -0.2) is 30.5 Å². The summed E-state index contributed by atoms with van der Waals surface area (Å²) in [5.41, 5.74) is -0.231. The van der Waals surface area contributed by atoms with Gasteiger partial charge in [-0.05, 0) is 6.07 Å². The molecule has 18 heavy (non-hydrogen) atoms. The molecule has 1 saturated heterocycles. The molecule has 0 unspecified atom stereocenters. The van der Waals surface area contributed by atoms with E-state index in [0.29, 0.717) is 44.7 Å². The zero-order valence-corrected chi connectivity index (χ0v) is 10.8. The van der Waals surface area contributed by atoms with Crippen molar-refractivity contribution in [1.29, 1.82) is 0 Å². The predicted molar refractivity (Wildman–Crippen MR) is 68.1 cm³/mol. The van der Waals surface area contributed by atoms with Crippen LogP contribution in [0, 0.1) is 5.82 Å². The van der Waals surface area contributed by atoms with E-state index in [4.69, 9.17) is 16.3 Å². The highest BCUT2D eigenvalue weighted by atomic mass is 35.5. The molecule has 0 aliphatic carbocycles. The standard InChI is InChI=1S/C13H17ClFNO2/c14-11-3-1-2-10(12(11)15)8-16-9-13(17)4-6-18-7-5-13/h1-3,16-17H,4-9H2. The highest BCUT2D eigenvalue weighted by molar-refractivity contribution is 6.30. The molecule has 0 aromatic heterocycles. The van der Waals surface area contributed by atoms with E-state index < -0.39 is 11.4 Å². The molecule has 5 heteroatoms. The lowest BCUT2D eigenvalue weighted by Crippen LogP contribution is -2.44. The number of benzene rings is 1. The average molecular weight is 274 g/mol. The monoisotopic (exact) mass is 273 g/mol. The Kier molecular flexibility index (Phi) is 4.56. The lowest BCUT2D eigenvalue weighted by atomic mass is 9.94. The SMILES string of the molecule is OC1(CNCc2cccc(Cl)c2F)CCOCC1. The summed E-state index contributed by atoms with van der Waals surface area (Å²) in [6.07, 6.45) is 1.22. The summed E-state index contributed by atoms with van der Waals surface area (Å²) in [5.74, 6) is -0.398. The van der Waals surface area contributed by atoms with E-state index in [9.17, 15) is 9.50 Å². The summed E-state index contributed by atoms with van der Waals surface area (Å²) in [4.78, 5) is 0. The van der Waals surface area contributed by atoms with Gasteiger partial charge in [0.05, 0.1) is 10.6 Å². The van der Waals surface area contributed by atoms with Crippen LogP contribution in [0.5, 0.6) is 0 Å². The highest BCUT2D eigenvalue weighted by Gasteiger charge is 2.29. The Morgan fingerprint density at radius 1 is 1.39 bits per heavy atom. The van der Waals surface area contributed by atoms with Crippen molar-refractivity contribution in [3.8, 4) is 0 Å². The molecular weight excluding hydrogens is 257 g/mol. The van der Waals surface area contributed by atoms with Gasteiger partial charge in [0, 0.05) is 44.7 Å². The van der Waals surface area contributed by atoms with Crippen LogP contribution >= 0.6 is 11.6 Å². The van der Waals surface area contributed by atoms with Crippen LogP contribution in [0.25, 0.3) is 0 Å². The molecule has 0 bridgehead atoms. The van der Waals surface area contributed by atoms with Gasteiger partial charge >= 0.3 is 0 Å². The Balaban J connectivity index is 1.86. The molecule has 1 aliphatic heterocycles. The Labute approximate surface area is 111 Å². The van der Waals surface area contributed by atoms with E-state index >= 15 is 0 Å². The fraction of sp³-hybridized carbons (Fsp3) is 0.538. The Morgan fingerprint density at radius 2 is 2.11 bits per heavy atom. The van der Waals surface area contributed by atoms with Crippen LogP contribution in [0.1, 0.15) is 18.4 Å². The quantitative estimate of drug-likeness (QED) is 0.883. The topological polar surface area (TPSA) is 41.5 Å². The van der Waals surface area contributed by atoms with Crippen LogP contribution in [0.3, 0.4) is 0 Å². The van der Waals surface area contributed by atoms with E-state index in [-0.39, 0.29) is 5.02 Å². The summed E-state index contributed by atoms with van der Waals surface area (Å²) in [6.45, 7) is 1.94. The molecule has 0 amide bonds. The summed E-state index contributed by atoms with van der Waals surface area (Å²) in [7, 11) is 0. The number of rotatable bonds is 4. The first-order valence-electron chi connectivity index (χ1n) is 6.04. The zero-order valence-electron chi connectivity index (χ0n) is 10.1. The van der Waals surface area contributed by atoms with Crippen LogP contribution in [-0.2, 0) is 11.3 Å². The smallest absolute Gasteiger partial charge is 0.146 e. The normalized spacial score (nSPS) is 18.8. The van der Waals surface area contributed by atoms with Crippen molar-refractivity contribution in [2.24, 2.45) is 0 Å². The number of halogens is 2. The van der Waals surface area contributed by atoms with Crippen molar-refractivity contribution < 1.29 is 14.2 Å². The van der Waals surface area contributed by atoms with Crippen LogP contribution in [0.15, 0.2) is 18.2 Å². The van der Waals surface area contributed by atoms with E-state index in [2.05, 4.69) is 5.32 Å². The zero-order chi connectivity index (χ0) is 13.0. The number of hydrogen-bond donors (Lipinski definition) is 2. The Hall–Kier alpha value is -0.680. The number of aliphatic hydroxyl groups is 1. The van der Waals surface area contributed by atoms with Gasteiger partial charge in [-0.2, -0.15) is 0 Å². The Morgan fingerprint density at radius 3 is 2.83 bits per heavy atom. The highest BCUT2D eigenvalue weighted by Crippen LogP contribution is 2.20. The Bertz CT molecular complexity index is 408. The maximum Gasteiger partial charge on any atom is 0.146 e. The van der Waals surface area contributed by atoms with E-state index in [1.54, 1.807) is 12.1 Å². The average Bonchev–Trinajstić information content (AvgIpc) is 2.35. The van der Waals surface area contributed by atoms with Gasteiger partial charge in [0.1, 0.15) is 5.82 Å². The first kappa shape index (κ1) is 13.7. The molecular formula is C13H17ClFNO2. The molecule has 3 nitrogen and oxygen atoms in total. The molecule has 100 valence electrons. The van der Waals surface area contributed by atoms with Gasteiger partial charge in [-0.1, -0.05) is 23.7 Å². The summed E-state index contributed by atoms with van der Waals surface area (Å²) >= 11 is 5.70. The fourth-order valence-electron chi connectivity index (χ4n) is 2.04. The molecule has 1 aromatic rings. The third kappa shape index (κ3) is 3.42. The molecule has 0 atom stereocenters. The molecule has 1 heterocycles. The van der Waals surface area contributed by atoms with Gasteiger partial charge in [0.2, 0.25) is 0 Å². The molecule has 0 saturated carbocycles. The van der Waals surface area contributed by atoms with E-state index in [0.717, 1.165) is 0 Å². The van der Waals surface area contributed by atoms with Gasteiger partial charge < -0.3 is 15.2 Å². The van der Waals surface area contributed by atoms with Gasteiger partial charge in [0.25, 0.3) is 0 Å². The second-order valence-electron chi connectivity index (χ2n) is 4.65. The molecule has 1 fully saturated rings. The second-order valence-corrected chi connectivity index (χ2v) is 5.06. The van der Waals surface area contributed by atoms with Crippen LogP contribution in [0.2, 0.25) is 5.02 Å². The molecule has 1 aromatic carbocycles. The molecule has 1 aliphatic rings. The largest absolute Gasteiger partial charge is 0.388 e. The number of nitrogens with one attached hydrogen (secondary N) is 1. The van der Waals surface area contributed by atoms with Crippen molar-refractivity contribution in [2.75, 3.05) is 19.8 Å². The summed E-state index contributed by atoms with van der Waals surface area (Å²) < 4.78 is 18.8. The maximum absolute atomic E-state index is 13.6. The van der Waals surface area contributed by atoms with Crippen LogP contribution < -0.4 is 5.32 Å². The van der Waals surface area contributed by atoms with Gasteiger partial charge in [-0.25, -0.2) is 4.39 Å². The van der Waals surface area contributed by atoms with Crippen molar-refractivity contribution in [3.63, 3.8) is 0 Å². The third-order valence-electron chi connectivity index (χ3n) is 3.22. The molecule has 0 spiro atoms. The minimum Gasteiger partial charge on any atom is -0.388 e. The van der Waals surface area contributed by atoms with E-state index in [1.807, 2.05) is 0 Å². The van der Waals surface area contributed by atoms with Gasteiger partial charge in [0.15, 0.2) is 0 Å². The molecule has 0 radical (unpaired) electrons. The number of ether oxygens (including phenoxy) is 1. The predicted octanol–water partition coefficient (Wildman–Crippen LogP) is 2.11. The first-order valence-corrected chi connectivity index (χ1v) is 6.42. The number of hydrogen-bond acceptors (Lipinski definition) is 3. The van der Waals surface area contributed by atoms with Gasteiger partial charge in [-0.15, -0.1) is 0 Å². The minimum absolute atomic E-state index is 0.124. The molecule has 2 rings (SSSR count). The maximum atomic E-state index is 13.6. The fourth-order valence-corrected chi connectivity index (χ4v) is 2.24. The third-order valence-corrected chi connectivity index (χ3v) is 3.52. The first-order chi connectivity index (χ1) is 8.61. The lowest BCUT2D eigenvalue weighted by Gasteiger charge is -2.32. The van der Waals surface area contributed by atoms with Crippen molar-refractivity contribution in [1.82, 2.24) is 5.32 Å². The van der Waals surface area contributed by atoms with Gasteiger partial charge in [-0.3, -0.25) is 0 Å².